The van der Waals surface area contributed by atoms with E-state index in [-0.39, 0.29) is 23.9 Å². The number of carbonyl (C=O) groups is 2. The van der Waals surface area contributed by atoms with Gasteiger partial charge in [-0.05, 0) is 38.3 Å². The Morgan fingerprint density at radius 3 is 2.69 bits per heavy atom. The number of fused-ring (bicyclic) bond motifs is 1. The Hall–Kier alpha value is -2.65. The van der Waals surface area contributed by atoms with Crippen LogP contribution in [0.25, 0.3) is 5.52 Å². The van der Waals surface area contributed by atoms with Gasteiger partial charge in [0.1, 0.15) is 5.75 Å². The number of nitrogens with one attached hydrogen (secondary N) is 1. The maximum atomic E-state index is 13.3. The molecule has 2 N–H and O–H groups in total. The van der Waals surface area contributed by atoms with Crippen LogP contribution in [-0.2, 0) is 9.53 Å². The Kier molecular flexibility index (Phi) is 5.13. The minimum atomic E-state index is -0.993. The minimum Gasteiger partial charge on any atom is -0.495 e. The molecule has 2 amide bonds. The van der Waals surface area contributed by atoms with E-state index in [0.717, 1.165) is 0 Å². The van der Waals surface area contributed by atoms with E-state index < -0.39 is 11.0 Å². The molecule has 32 heavy (non-hydrogen) atoms. The fraction of sp³-hybridized carbons (Fsp3) is 0.609. The predicted octanol–water partition coefficient (Wildman–Crippen LogP) is 1.38. The van der Waals surface area contributed by atoms with Crippen LogP contribution in [0.5, 0.6) is 5.75 Å². The zero-order valence-electron chi connectivity index (χ0n) is 18.5. The highest BCUT2D eigenvalue weighted by Crippen LogP contribution is 2.57. The number of likely N-dealkylation sites (tertiary alicyclic amines) is 1. The Morgan fingerprint density at radius 1 is 1.25 bits per heavy atom. The van der Waals surface area contributed by atoms with Gasteiger partial charge >= 0.3 is 0 Å². The molecule has 0 radical (unpaired) electrons. The van der Waals surface area contributed by atoms with Crippen LogP contribution >= 0.6 is 0 Å². The summed E-state index contributed by atoms with van der Waals surface area (Å²) in [5.41, 5.74) is -0.456. The molecule has 3 aliphatic rings. The number of hydrogen-bond acceptors (Lipinski definition) is 6. The minimum absolute atomic E-state index is 0.0117. The van der Waals surface area contributed by atoms with Gasteiger partial charge in [0, 0.05) is 44.7 Å². The highest BCUT2D eigenvalue weighted by atomic mass is 16.5. The van der Waals surface area contributed by atoms with Crippen LogP contribution in [0.3, 0.4) is 0 Å². The summed E-state index contributed by atoms with van der Waals surface area (Å²) in [6.07, 6.45) is 6.38. The van der Waals surface area contributed by atoms with E-state index in [1.807, 2.05) is 13.0 Å². The predicted molar refractivity (Wildman–Crippen MR) is 115 cm³/mol. The molecule has 9 nitrogen and oxygen atoms in total. The molecule has 2 saturated heterocycles. The summed E-state index contributed by atoms with van der Waals surface area (Å²) in [5, 5.41) is 18.6. The summed E-state index contributed by atoms with van der Waals surface area (Å²) >= 11 is 0. The van der Waals surface area contributed by atoms with E-state index in [4.69, 9.17) is 9.47 Å². The Morgan fingerprint density at radius 2 is 2.00 bits per heavy atom. The monoisotopic (exact) mass is 442 g/mol. The second-order valence-electron chi connectivity index (χ2n) is 9.40. The molecule has 2 aromatic heterocycles. The third kappa shape index (κ3) is 3.34. The summed E-state index contributed by atoms with van der Waals surface area (Å²) in [7, 11) is 1.59. The maximum Gasteiger partial charge on any atom is 0.258 e. The molecule has 9 heteroatoms. The van der Waals surface area contributed by atoms with E-state index in [2.05, 4.69) is 10.4 Å². The highest BCUT2D eigenvalue weighted by molar-refractivity contribution is 6.01. The zero-order valence-corrected chi connectivity index (χ0v) is 18.5. The van der Waals surface area contributed by atoms with E-state index >= 15 is 0 Å². The van der Waals surface area contributed by atoms with Crippen molar-refractivity contribution < 1.29 is 24.2 Å². The van der Waals surface area contributed by atoms with Crippen LogP contribution in [0.1, 0.15) is 49.4 Å². The molecule has 2 aliphatic heterocycles. The molecule has 5 rings (SSSR count). The van der Waals surface area contributed by atoms with Gasteiger partial charge in [0.25, 0.3) is 5.91 Å². The topological polar surface area (TPSA) is 105 Å². The summed E-state index contributed by atoms with van der Waals surface area (Å²) in [6.45, 7) is 3.41. The van der Waals surface area contributed by atoms with Gasteiger partial charge in [-0.15, -0.1) is 0 Å². The lowest BCUT2D eigenvalue weighted by Gasteiger charge is -2.39. The Bertz CT molecular complexity index is 1040. The number of carbonyl (C=O) groups excluding carboxylic acids is 2. The number of aliphatic hydroxyl groups is 1. The van der Waals surface area contributed by atoms with Crippen LogP contribution < -0.4 is 10.1 Å². The molecule has 2 aromatic rings. The normalized spacial score (nSPS) is 26.2. The van der Waals surface area contributed by atoms with Crippen molar-refractivity contribution >= 4 is 17.3 Å². The van der Waals surface area contributed by atoms with Crippen LogP contribution in [-0.4, -0.2) is 76.0 Å². The molecule has 2 unspecified atom stereocenters. The number of amides is 2. The molecule has 1 saturated carbocycles. The summed E-state index contributed by atoms with van der Waals surface area (Å²) < 4.78 is 12.2. The Labute approximate surface area is 186 Å². The first kappa shape index (κ1) is 21.2. The highest BCUT2D eigenvalue weighted by Gasteiger charge is 2.64. The van der Waals surface area contributed by atoms with Crippen LogP contribution in [0, 0.1) is 5.41 Å². The lowest BCUT2D eigenvalue weighted by atomic mass is 9.77. The zero-order chi connectivity index (χ0) is 22.5. The van der Waals surface area contributed by atoms with Crippen molar-refractivity contribution in [3.8, 4) is 5.75 Å². The number of rotatable bonds is 5. The lowest BCUT2D eigenvalue weighted by Crippen LogP contribution is -2.53. The van der Waals surface area contributed by atoms with Crippen molar-refractivity contribution in [1.82, 2.24) is 19.8 Å². The molecule has 1 aliphatic carbocycles. The van der Waals surface area contributed by atoms with Crippen molar-refractivity contribution in [2.75, 3.05) is 26.9 Å². The fourth-order valence-corrected chi connectivity index (χ4v) is 5.36. The van der Waals surface area contributed by atoms with Crippen molar-refractivity contribution in [1.29, 1.82) is 0 Å². The van der Waals surface area contributed by atoms with Crippen LogP contribution in [0.2, 0.25) is 0 Å². The number of nitrogens with zero attached hydrogens (tertiary/aromatic N) is 3. The summed E-state index contributed by atoms with van der Waals surface area (Å²) in [4.78, 5) is 28.3. The van der Waals surface area contributed by atoms with Gasteiger partial charge in [-0.2, -0.15) is 5.10 Å². The molecular formula is C23H30N4O5. The van der Waals surface area contributed by atoms with Gasteiger partial charge in [0.15, 0.2) is 0 Å². The standard InChI is InChI=1S/C23H30N4O5/c1-15-11-16(25-21(29)22(5-6-22)23(30)7-9-32-10-8-23)13-26(15)20(28)18-12-24-27-14-17(31-2)3-4-19(18)27/h3-4,12,14-16,30H,5-11,13H2,1-2H3,(H,25,29). The van der Waals surface area contributed by atoms with Gasteiger partial charge in [-0.3, -0.25) is 9.59 Å². The molecule has 172 valence electrons. The average molecular weight is 443 g/mol. The molecule has 2 atom stereocenters. The average Bonchev–Trinajstić information content (AvgIpc) is 3.40. The Balaban J connectivity index is 1.28. The molecule has 4 heterocycles. The van der Waals surface area contributed by atoms with Gasteiger partial charge in [0.05, 0.1) is 41.6 Å². The van der Waals surface area contributed by atoms with E-state index in [9.17, 15) is 14.7 Å². The quantitative estimate of drug-likeness (QED) is 0.725. The van der Waals surface area contributed by atoms with E-state index in [0.29, 0.717) is 68.7 Å². The first-order valence-electron chi connectivity index (χ1n) is 11.3. The molecule has 0 bridgehead atoms. The van der Waals surface area contributed by atoms with Crippen LogP contribution in [0.15, 0.2) is 24.5 Å². The third-order valence-corrected chi connectivity index (χ3v) is 7.52. The number of ether oxygens (including phenoxy) is 2. The molecule has 0 spiro atoms. The van der Waals surface area contributed by atoms with Gasteiger partial charge in [-0.25, -0.2) is 4.52 Å². The van der Waals surface area contributed by atoms with Crippen molar-refractivity contribution in [3.63, 3.8) is 0 Å². The van der Waals surface area contributed by atoms with Crippen molar-refractivity contribution in [2.45, 2.75) is 56.7 Å². The number of methoxy groups -OCH3 is 1. The summed E-state index contributed by atoms with van der Waals surface area (Å²) in [6, 6.07) is 3.48. The van der Waals surface area contributed by atoms with E-state index in [1.54, 1.807) is 35.0 Å². The maximum absolute atomic E-state index is 13.3. The van der Waals surface area contributed by atoms with Gasteiger partial charge < -0.3 is 24.8 Å². The number of aromatic nitrogens is 2. The number of pyridine rings is 1. The molecular weight excluding hydrogens is 412 g/mol. The SMILES string of the molecule is COc1ccc2c(C(=O)N3CC(NC(=O)C4(C5(O)CCOCC5)CC4)CC3C)cnn2c1. The summed E-state index contributed by atoms with van der Waals surface area (Å²) in [5.74, 6) is 0.479. The molecule has 0 aromatic carbocycles. The molecule has 3 fully saturated rings. The van der Waals surface area contributed by atoms with Crippen LogP contribution in [0.4, 0.5) is 0 Å². The largest absolute Gasteiger partial charge is 0.495 e. The first-order valence-corrected chi connectivity index (χ1v) is 11.3. The fourth-order valence-electron chi connectivity index (χ4n) is 5.36. The van der Waals surface area contributed by atoms with Crippen molar-refractivity contribution in [3.05, 3.63) is 30.1 Å². The van der Waals surface area contributed by atoms with Gasteiger partial charge in [0.2, 0.25) is 5.91 Å². The van der Waals surface area contributed by atoms with Gasteiger partial charge in [-0.1, -0.05) is 0 Å². The van der Waals surface area contributed by atoms with E-state index in [1.165, 1.54) is 0 Å². The second kappa shape index (κ2) is 7.74. The second-order valence-corrected chi connectivity index (χ2v) is 9.40. The lowest BCUT2D eigenvalue weighted by molar-refractivity contribution is -0.150. The van der Waals surface area contributed by atoms with Crippen molar-refractivity contribution in [2.24, 2.45) is 5.41 Å². The number of hydrogen-bond donors (Lipinski definition) is 2. The first-order chi connectivity index (χ1) is 15.4. The third-order valence-electron chi connectivity index (χ3n) is 7.52. The smallest absolute Gasteiger partial charge is 0.258 e.